The summed E-state index contributed by atoms with van der Waals surface area (Å²) in [6, 6.07) is 14.0. The summed E-state index contributed by atoms with van der Waals surface area (Å²) >= 11 is 0. The predicted molar refractivity (Wildman–Crippen MR) is 118 cm³/mol. The van der Waals surface area contributed by atoms with Crippen LogP contribution in [-0.4, -0.2) is 36.8 Å². The smallest absolute Gasteiger partial charge is 0.254 e. The van der Waals surface area contributed by atoms with Gasteiger partial charge in [-0.05, 0) is 6.42 Å². The normalized spacial score (nSPS) is 10.5. The topological polar surface area (TPSA) is 91.7 Å². The van der Waals surface area contributed by atoms with Gasteiger partial charge in [0.1, 0.15) is 12.4 Å². The van der Waals surface area contributed by atoms with Crippen LogP contribution in [0.2, 0.25) is 0 Å². The van der Waals surface area contributed by atoms with E-state index in [9.17, 15) is 9.59 Å². The van der Waals surface area contributed by atoms with E-state index in [1.807, 2.05) is 37.3 Å². The van der Waals surface area contributed by atoms with Crippen LogP contribution >= 0.6 is 0 Å². The van der Waals surface area contributed by atoms with Crippen LogP contribution in [0.5, 0.6) is 17.2 Å². The van der Waals surface area contributed by atoms with E-state index in [4.69, 9.17) is 14.2 Å². The Morgan fingerprint density at radius 3 is 2.19 bits per heavy atom. The zero-order valence-corrected chi connectivity index (χ0v) is 18.0. The first-order chi connectivity index (χ1) is 15.0. The van der Waals surface area contributed by atoms with Crippen molar-refractivity contribution in [3.63, 3.8) is 0 Å². The molecule has 8 heteroatoms. The number of ether oxygens (including phenoxy) is 3. The maximum absolute atomic E-state index is 12.8. The molecule has 0 radical (unpaired) electrons. The quantitative estimate of drug-likeness (QED) is 0.599. The minimum absolute atomic E-state index is 0.198. The van der Waals surface area contributed by atoms with Crippen LogP contribution in [0.3, 0.4) is 0 Å². The molecule has 1 N–H and O–H groups in total. The Labute approximate surface area is 180 Å². The summed E-state index contributed by atoms with van der Waals surface area (Å²) in [4.78, 5) is 30.2. The second-order valence-electron chi connectivity index (χ2n) is 6.68. The van der Waals surface area contributed by atoms with Crippen LogP contribution in [-0.2, 0) is 17.8 Å². The third-order valence-electron chi connectivity index (χ3n) is 4.71. The molecule has 0 unspecified atom stereocenters. The van der Waals surface area contributed by atoms with Crippen molar-refractivity contribution in [1.29, 1.82) is 0 Å². The number of aromatic nitrogens is 2. The molecule has 0 aliphatic heterocycles. The number of aryl methyl sites for hydroxylation is 1. The molecule has 0 bridgehead atoms. The highest BCUT2D eigenvalue weighted by Crippen LogP contribution is 2.39. The van der Waals surface area contributed by atoms with E-state index < -0.39 is 0 Å². The lowest BCUT2D eigenvalue weighted by atomic mass is 10.2. The second-order valence-corrected chi connectivity index (χ2v) is 6.68. The molecule has 1 aromatic heterocycles. The largest absolute Gasteiger partial charge is 0.493 e. The fourth-order valence-corrected chi connectivity index (χ4v) is 3.19. The Bertz CT molecular complexity index is 1100. The van der Waals surface area contributed by atoms with E-state index in [-0.39, 0.29) is 18.0 Å². The number of methoxy groups -OCH3 is 3. The van der Waals surface area contributed by atoms with Crippen molar-refractivity contribution in [2.24, 2.45) is 0 Å². The summed E-state index contributed by atoms with van der Waals surface area (Å²) in [5.74, 6) is 1.30. The minimum Gasteiger partial charge on any atom is -0.493 e. The van der Waals surface area contributed by atoms with E-state index in [0.717, 1.165) is 5.56 Å². The van der Waals surface area contributed by atoms with Crippen molar-refractivity contribution in [2.75, 3.05) is 26.6 Å². The molecule has 3 rings (SSSR count). The number of carbonyl (C=O) groups excluding carboxylic acids is 1. The van der Waals surface area contributed by atoms with Gasteiger partial charge < -0.3 is 19.5 Å². The summed E-state index contributed by atoms with van der Waals surface area (Å²) < 4.78 is 17.3. The third kappa shape index (κ3) is 4.85. The highest BCUT2D eigenvalue weighted by molar-refractivity contribution is 5.91. The van der Waals surface area contributed by atoms with E-state index >= 15 is 0 Å². The number of nitrogens with one attached hydrogen (secondary N) is 1. The van der Waals surface area contributed by atoms with E-state index in [1.165, 1.54) is 32.0 Å². The van der Waals surface area contributed by atoms with Gasteiger partial charge in [0.15, 0.2) is 11.5 Å². The Morgan fingerprint density at radius 2 is 1.65 bits per heavy atom. The van der Waals surface area contributed by atoms with Gasteiger partial charge in [0.2, 0.25) is 11.7 Å². The molecule has 0 atom stereocenters. The SMILES string of the molecule is CCc1cc(=O)n(CC(=O)Nc2cc(OC)c(OC)c(OC)c2)c(-c2ccccc2)n1. The molecule has 3 aromatic rings. The fraction of sp³-hybridized carbons (Fsp3) is 0.261. The lowest BCUT2D eigenvalue weighted by Crippen LogP contribution is -2.30. The Kier molecular flexibility index (Phi) is 6.92. The second kappa shape index (κ2) is 9.80. The summed E-state index contributed by atoms with van der Waals surface area (Å²) in [6.07, 6.45) is 0.619. The molecule has 1 amide bonds. The van der Waals surface area contributed by atoms with Crippen molar-refractivity contribution < 1.29 is 19.0 Å². The molecule has 0 fully saturated rings. The molecule has 0 spiro atoms. The number of anilines is 1. The number of rotatable bonds is 8. The van der Waals surface area contributed by atoms with E-state index in [0.29, 0.717) is 40.9 Å². The van der Waals surface area contributed by atoms with Crippen molar-refractivity contribution in [1.82, 2.24) is 9.55 Å². The zero-order valence-electron chi connectivity index (χ0n) is 18.0. The van der Waals surface area contributed by atoms with Gasteiger partial charge >= 0.3 is 0 Å². The monoisotopic (exact) mass is 423 g/mol. The van der Waals surface area contributed by atoms with E-state index in [1.54, 1.807) is 12.1 Å². The summed E-state index contributed by atoms with van der Waals surface area (Å²) in [6.45, 7) is 1.73. The van der Waals surface area contributed by atoms with Crippen molar-refractivity contribution in [2.45, 2.75) is 19.9 Å². The molecule has 31 heavy (non-hydrogen) atoms. The molecule has 1 heterocycles. The molecule has 2 aromatic carbocycles. The zero-order chi connectivity index (χ0) is 22.4. The maximum atomic E-state index is 12.8. The first kappa shape index (κ1) is 21.9. The first-order valence-electron chi connectivity index (χ1n) is 9.76. The fourth-order valence-electron chi connectivity index (χ4n) is 3.19. The minimum atomic E-state index is -0.389. The van der Waals surface area contributed by atoms with Crippen molar-refractivity contribution >= 4 is 11.6 Å². The highest BCUT2D eigenvalue weighted by Gasteiger charge is 2.17. The average Bonchev–Trinajstić information content (AvgIpc) is 2.79. The number of nitrogens with zero attached hydrogens (tertiary/aromatic N) is 2. The first-order valence-corrected chi connectivity index (χ1v) is 9.76. The Hall–Kier alpha value is -3.81. The van der Waals surface area contributed by atoms with Gasteiger partial charge in [-0.3, -0.25) is 14.2 Å². The maximum Gasteiger partial charge on any atom is 0.254 e. The molecule has 162 valence electrons. The molecule has 0 saturated heterocycles. The molecular formula is C23H25N3O5. The number of carbonyl (C=O) groups is 1. The van der Waals surface area contributed by atoms with Gasteiger partial charge in [-0.25, -0.2) is 4.98 Å². The number of hydrogen-bond donors (Lipinski definition) is 1. The summed E-state index contributed by atoms with van der Waals surface area (Å²) in [5.41, 5.74) is 1.60. The lowest BCUT2D eigenvalue weighted by Gasteiger charge is -2.16. The number of benzene rings is 2. The number of hydrogen-bond acceptors (Lipinski definition) is 6. The van der Waals surface area contributed by atoms with Gasteiger partial charge in [0.25, 0.3) is 5.56 Å². The predicted octanol–water partition coefficient (Wildman–Crippen LogP) is 3.14. The number of amides is 1. The van der Waals surface area contributed by atoms with Gasteiger partial charge in [-0.2, -0.15) is 0 Å². The standard InChI is InChI=1S/C23H25N3O5/c1-5-16-13-21(28)26(23(25-16)15-9-7-6-8-10-15)14-20(27)24-17-11-18(29-2)22(31-4)19(12-17)30-3/h6-13H,5,14H2,1-4H3,(H,24,27). The van der Waals surface area contributed by atoms with Crippen LogP contribution < -0.4 is 25.1 Å². The Balaban J connectivity index is 1.93. The van der Waals surface area contributed by atoms with Crippen LogP contribution in [0.25, 0.3) is 11.4 Å². The summed E-state index contributed by atoms with van der Waals surface area (Å²) in [5, 5.41) is 2.78. The van der Waals surface area contributed by atoms with Crippen LogP contribution in [0.4, 0.5) is 5.69 Å². The van der Waals surface area contributed by atoms with Gasteiger partial charge in [-0.15, -0.1) is 0 Å². The van der Waals surface area contributed by atoms with Crippen molar-refractivity contribution in [3.8, 4) is 28.6 Å². The third-order valence-corrected chi connectivity index (χ3v) is 4.71. The molecule has 0 aliphatic rings. The average molecular weight is 423 g/mol. The van der Waals surface area contributed by atoms with Crippen LogP contribution in [0.1, 0.15) is 12.6 Å². The molecular weight excluding hydrogens is 398 g/mol. The lowest BCUT2D eigenvalue weighted by molar-refractivity contribution is -0.116. The van der Waals surface area contributed by atoms with Gasteiger partial charge in [-0.1, -0.05) is 37.3 Å². The van der Waals surface area contributed by atoms with Gasteiger partial charge in [0, 0.05) is 35.1 Å². The molecule has 0 aliphatic carbocycles. The van der Waals surface area contributed by atoms with Gasteiger partial charge in [0.05, 0.1) is 21.3 Å². The molecule has 8 nitrogen and oxygen atoms in total. The van der Waals surface area contributed by atoms with Crippen LogP contribution in [0, 0.1) is 0 Å². The Morgan fingerprint density at radius 1 is 1.00 bits per heavy atom. The van der Waals surface area contributed by atoms with Crippen molar-refractivity contribution in [3.05, 3.63) is 64.6 Å². The highest BCUT2D eigenvalue weighted by atomic mass is 16.5. The van der Waals surface area contributed by atoms with E-state index in [2.05, 4.69) is 10.3 Å². The summed E-state index contributed by atoms with van der Waals surface area (Å²) in [7, 11) is 4.49. The molecule has 0 saturated carbocycles. The van der Waals surface area contributed by atoms with Crippen LogP contribution in [0.15, 0.2) is 53.3 Å².